The van der Waals surface area contributed by atoms with Crippen LogP contribution in [0.25, 0.3) is 0 Å². The van der Waals surface area contributed by atoms with Crippen molar-refractivity contribution in [2.24, 2.45) is 0 Å². The van der Waals surface area contributed by atoms with Crippen molar-refractivity contribution in [1.29, 1.82) is 0 Å². The molecule has 6 nitrogen and oxygen atoms in total. The molecule has 0 amide bonds. The fraction of sp³-hybridized carbons (Fsp3) is 1.00. The molecular weight excluding hydrogens is 443 g/mol. The van der Waals surface area contributed by atoms with E-state index in [9.17, 15) is 0 Å². The van der Waals surface area contributed by atoms with Crippen LogP contribution in [-0.2, 0) is 8.74 Å². The maximum absolute atomic E-state index is 5.58. The van der Waals surface area contributed by atoms with Gasteiger partial charge in [0.1, 0.15) is 0 Å². The van der Waals surface area contributed by atoms with E-state index in [-0.39, 0.29) is 16.6 Å². The van der Waals surface area contributed by atoms with Crippen LogP contribution in [0, 0.1) is 0 Å². The molecule has 0 aliphatic rings. The van der Waals surface area contributed by atoms with Crippen LogP contribution < -0.4 is 16.4 Å². The second-order valence-electron chi connectivity index (χ2n) is 7.55. The van der Waals surface area contributed by atoms with E-state index >= 15 is 0 Å². The molecule has 116 valence electrons. The van der Waals surface area contributed by atoms with Crippen molar-refractivity contribution in [3.8, 4) is 0 Å². The molecule has 0 saturated heterocycles. The molecule has 0 aromatic carbocycles. The predicted molar refractivity (Wildman–Crippen MR) is 77.7 cm³/mol. The third-order valence-corrected chi connectivity index (χ3v) is 4.08. The van der Waals surface area contributed by atoms with Crippen molar-refractivity contribution in [3.05, 3.63) is 0 Å². The molecule has 0 radical (unpaired) electrons. The average molecular weight is 473 g/mol. The Bertz CT molecular complexity index is 214. The van der Waals surface area contributed by atoms with Crippen molar-refractivity contribution in [1.82, 2.24) is 16.4 Å². The number of hydrogen-bond acceptors (Lipinski definition) is 6. The first-order valence-electron chi connectivity index (χ1n) is 6.41. The van der Waals surface area contributed by atoms with E-state index in [2.05, 4.69) is 16.4 Å². The molecule has 0 spiro atoms. The Hall–Kier alpha value is 0.643. The minimum absolute atomic E-state index is 0.149. The van der Waals surface area contributed by atoms with E-state index in [0.717, 1.165) is 0 Å². The Kier molecular flexibility index (Phi) is 7.85. The van der Waals surface area contributed by atoms with Crippen molar-refractivity contribution in [2.75, 3.05) is 0 Å². The molecule has 0 atom stereocenters. The van der Waals surface area contributed by atoms with Crippen LogP contribution in [0.1, 0.15) is 62.3 Å². The van der Waals surface area contributed by atoms with Gasteiger partial charge in [0, 0.05) is 0 Å². The van der Waals surface area contributed by atoms with Gasteiger partial charge in [0.25, 0.3) is 0 Å². The van der Waals surface area contributed by atoms with E-state index < -0.39 is 23.1 Å². The summed E-state index contributed by atoms with van der Waals surface area (Å²) in [5, 5.41) is 0. The monoisotopic (exact) mass is 473 g/mol. The summed E-state index contributed by atoms with van der Waals surface area (Å²) < 4.78 is 16.7. The van der Waals surface area contributed by atoms with Gasteiger partial charge in [-0.25, -0.2) is 0 Å². The molecule has 0 aromatic rings. The average Bonchev–Trinajstić information content (AvgIpc) is 2.11. The van der Waals surface area contributed by atoms with Gasteiger partial charge in [0.2, 0.25) is 0 Å². The van der Waals surface area contributed by atoms with Crippen molar-refractivity contribution in [3.63, 3.8) is 0 Å². The predicted octanol–water partition coefficient (Wildman–Crippen LogP) is 1.93. The van der Waals surface area contributed by atoms with Gasteiger partial charge in [-0.05, 0) is 0 Å². The van der Waals surface area contributed by atoms with Gasteiger partial charge < -0.3 is 0 Å². The van der Waals surface area contributed by atoms with E-state index in [1.54, 1.807) is 0 Å². The van der Waals surface area contributed by atoms with Crippen LogP contribution in [0.3, 0.4) is 0 Å². The summed E-state index contributed by atoms with van der Waals surface area (Å²) in [6.45, 7) is 18.2. The van der Waals surface area contributed by atoms with Crippen LogP contribution >= 0.6 is 0 Å². The topological polar surface area (TPSA) is 63.8 Å². The zero-order valence-electron chi connectivity index (χ0n) is 13.7. The van der Waals surface area contributed by atoms with E-state index in [0.29, 0.717) is 0 Å². The normalized spacial score (nSPS) is 14.2. The molecule has 0 aliphatic carbocycles. The van der Waals surface area contributed by atoms with Gasteiger partial charge in [-0.15, -0.1) is 0 Å². The standard InChI is InChI=1S/3C4H10NO.Bi/c3*1-4(2,3)5-6;/h3*5H,1-3H3;/q3*-1;+3. The van der Waals surface area contributed by atoms with Gasteiger partial charge in [-0.2, -0.15) is 0 Å². The third kappa shape index (κ3) is 14.9. The molecule has 0 unspecified atom stereocenters. The summed E-state index contributed by atoms with van der Waals surface area (Å²) in [4.78, 5) is 0. The summed E-state index contributed by atoms with van der Waals surface area (Å²) >= 11 is -3.05. The van der Waals surface area contributed by atoms with Gasteiger partial charge in [0.15, 0.2) is 0 Å². The second-order valence-corrected chi connectivity index (χ2v) is 11.4. The van der Waals surface area contributed by atoms with E-state index in [4.69, 9.17) is 8.74 Å². The minimum atomic E-state index is -3.05. The SMILES string of the molecule is CC(C)(C)N[O][Bi]([O]NC(C)(C)C)[O]NC(C)(C)C. The van der Waals surface area contributed by atoms with Crippen LogP contribution in [0.4, 0.5) is 0 Å². The van der Waals surface area contributed by atoms with E-state index in [1.165, 1.54) is 0 Å². The fourth-order valence-corrected chi connectivity index (χ4v) is 5.08. The molecule has 3 N–H and O–H groups in total. The Balaban J connectivity index is 4.30. The summed E-state index contributed by atoms with van der Waals surface area (Å²) in [5.74, 6) is 0. The molecule has 19 heavy (non-hydrogen) atoms. The first kappa shape index (κ1) is 19.6. The number of hydroxylamine groups is 3. The summed E-state index contributed by atoms with van der Waals surface area (Å²) in [6.07, 6.45) is 0. The molecule has 7 heteroatoms. The number of hydrogen-bond donors (Lipinski definition) is 3. The van der Waals surface area contributed by atoms with Gasteiger partial charge in [0.05, 0.1) is 0 Å². The Morgan fingerprint density at radius 3 is 0.895 bits per heavy atom. The Morgan fingerprint density at radius 2 is 0.737 bits per heavy atom. The maximum atomic E-state index is 5.58. The summed E-state index contributed by atoms with van der Waals surface area (Å²) in [5.41, 5.74) is 8.42. The van der Waals surface area contributed by atoms with Crippen molar-refractivity contribution in [2.45, 2.75) is 78.9 Å². The Morgan fingerprint density at radius 1 is 0.526 bits per heavy atom. The number of nitrogens with one attached hydrogen (secondary N) is 3. The molecule has 0 fully saturated rings. The van der Waals surface area contributed by atoms with Gasteiger partial charge in [-0.1, -0.05) is 0 Å². The summed E-state index contributed by atoms with van der Waals surface area (Å²) in [7, 11) is 0. The zero-order valence-corrected chi connectivity index (χ0v) is 17.1. The molecule has 0 rings (SSSR count). The first-order valence-corrected chi connectivity index (χ1v) is 10.7. The molecule has 0 heterocycles. The first-order chi connectivity index (χ1) is 8.29. The van der Waals surface area contributed by atoms with Crippen molar-refractivity contribution >= 4 is 23.1 Å². The zero-order chi connectivity index (χ0) is 15.3. The molecule has 0 bridgehead atoms. The van der Waals surface area contributed by atoms with Crippen LogP contribution in [0.2, 0.25) is 0 Å². The quantitative estimate of drug-likeness (QED) is 0.405. The Labute approximate surface area is 127 Å². The second kappa shape index (κ2) is 7.59. The van der Waals surface area contributed by atoms with Crippen LogP contribution in [-0.4, -0.2) is 39.7 Å². The molecule has 0 aliphatic heterocycles. The summed E-state index contributed by atoms with van der Waals surface area (Å²) in [6, 6.07) is 0. The van der Waals surface area contributed by atoms with Crippen LogP contribution in [0.15, 0.2) is 0 Å². The molecular formula is C12H30BiN3O3. The van der Waals surface area contributed by atoms with Gasteiger partial charge in [-0.3, -0.25) is 0 Å². The number of rotatable bonds is 6. The third-order valence-electron chi connectivity index (χ3n) is 1.28. The van der Waals surface area contributed by atoms with Gasteiger partial charge >= 0.3 is 127 Å². The van der Waals surface area contributed by atoms with E-state index in [1.807, 2.05) is 62.3 Å². The van der Waals surface area contributed by atoms with Crippen LogP contribution in [0.5, 0.6) is 0 Å². The molecule has 0 aromatic heterocycles. The molecule has 0 saturated carbocycles. The van der Waals surface area contributed by atoms with Crippen molar-refractivity contribution < 1.29 is 8.74 Å². The fourth-order valence-electron chi connectivity index (χ4n) is 0.578.